The molecule has 1 amide bonds. The van der Waals surface area contributed by atoms with Gasteiger partial charge in [-0.1, -0.05) is 6.42 Å². The second-order valence-corrected chi connectivity index (χ2v) is 6.38. The Morgan fingerprint density at radius 1 is 1.29 bits per heavy atom. The van der Waals surface area contributed by atoms with Gasteiger partial charge in [0.25, 0.3) is 5.91 Å². The molecule has 4 nitrogen and oxygen atoms in total. The molecule has 0 bridgehead atoms. The Labute approximate surface area is 125 Å². The summed E-state index contributed by atoms with van der Waals surface area (Å²) < 4.78 is 4.87. The summed E-state index contributed by atoms with van der Waals surface area (Å²) in [5, 5.41) is 0. The van der Waals surface area contributed by atoms with Crippen LogP contribution < -0.4 is 0 Å². The lowest BCUT2D eigenvalue weighted by Crippen LogP contribution is -2.35. The van der Waals surface area contributed by atoms with E-state index in [1.165, 1.54) is 19.1 Å². The average molecular weight is 289 g/mol. The Kier molecular flexibility index (Phi) is 4.13. The lowest BCUT2D eigenvalue weighted by molar-refractivity contribution is -0.147. The zero-order valence-electron chi connectivity index (χ0n) is 12.6. The molecule has 0 aromatic heterocycles. The van der Waals surface area contributed by atoms with E-state index in [9.17, 15) is 9.59 Å². The fourth-order valence-corrected chi connectivity index (χ4v) is 3.65. The summed E-state index contributed by atoms with van der Waals surface area (Å²) in [6, 6.07) is 0. The van der Waals surface area contributed by atoms with Crippen molar-refractivity contribution in [2.45, 2.75) is 44.9 Å². The first-order chi connectivity index (χ1) is 10.2. The smallest absolute Gasteiger partial charge is 0.308 e. The molecule has 2 aliphatic carbocycles. The van der Waals surface area contributed by atoms with E-state index in [4.69, 9.17) is 4.74 Å². The van der Waals surface area contributed by atoms with Crippen LogP contribution in [0.25, 0.3) is 0 Å². The van der Waals surface area contributed by atoms with Crippen molar-refractivity contribution in [3.63, 3.8) is 0 Å². The number of ether oxygens (including phenoxy) is 1. The number of methoxy groups -OCH3 is 1. The minimum absolute atomic E-state index is 0.0132. The molecular formula is C17H23NO3. The molecule has 0 N–H and O–H groups in total. The van der Waals surface area contributed by atoms with Gasteiger partial charge >= 0.3 is 5.97 Å². The van der Waals surface area contributed by atoms with Crippen molar-refractivity contribution in [3.8, 4) is 0 Å². The molecule has 3 rings (SSSR count). The van der Waals surface area contributed by atoms with Gasteiger partial charge < -0.3 is 9.64 Å². The minimum atomic E-state index is -0.0943. The van der Waals surface area contributed by atoms with E-state index in [0.717, 1.165) is 50.8 Å². The number of hydrogen-bond acceptors (Lipinski definition) is 3. The van der Waals surface area contributed by atoms with Gasteiger partial charge in [0.2, 0.25) is 0 Å². The average Bonchev–Trinajstić information content (AvgIpc) is 2.78. The summed E-state index contributed by atoms with van der Waals surface area (Å²) in [6.07, 6.45) is 11.0. The van der Waals surface area contributed by atoms with Gasteiger partial charge in [0, 0.05) is 18.3 Å². The highest BCUT2D eigenvalue weighted by atomic mass is 16.5. The third kappa shape index (κ3) is 2.89. The van der Waals surface area contributed by atoms with Crippen molar-refractivity contribution in [2.75, 3.05) is 13.7 Å². The van der Waals surface area contributed by atoms with E-state index < -0.39 is 0 Å². The summed E-state index contributed by atoms with van der Waals surface area (Å²) in [5.74, 6) is 0.425. The first kappa shape index (κ1) is 14.4. The number of nitrogens with zero attached hydrogens (tertiary/aromatic N) is 1. The number of esters is 1. The molecule has 0 aromatic carbocycles. The monoisotopic (exact) mass is 289 g/mol. The second kappa shape index (κ2) is 6.04. The van der Waals surface area contributed by atoms with Crippen LogP contribution in [0.5, 0.6) is 0 Å². The van der Waals surface area contributed by atoms with Gasteiger partial charge in [-0.05, 0) is 56.1 Å². The summed E-state index contributed by atoms with van der Waals surface area (Å²) in [7, 11) is 1.46. The topological polar surface area (TPSA) is 46.6 Å². The Bertz CT molecular complexity index is 500. The molecule has 0 spiro atoms. The Balaban J connectivity index is 1.65. The maximum atomic E-state index is 12.1. The van der Waals surface area contributed by atoms with E-state index in [1.807, 2.05) is 11.0 Å². The third-order valence-corrected chi connectivity index (χ3v) is 5.02. The highest BCUT2D eigenvalue weighted by Gasteiger charge is 2.32. The molecule has 2 atom stereocenters. The molecule has 1 aliphatic heterocycles. The number of carbonyl (C=O) groups is 2. The van der Waals surface area contributed by atoms with Crippen LogP contribution in [0.3, 0.4) is 0 Å². The van der Waals surface area contributed by atoms with Crippen molar-refractivity contribution in [1.29, 1.82) is 0 Å². The molecule has 0 radical (unpaired) electrons. The van der Waals surface area contributed by atoms with Crippen molar-refractivity contribution >= 4 is 11.9 Å². The first-order valence-corrected chi connectivity index (χ1v) is 7.98. The molecule has 2 saturated carbocycles. The number of amides is 1. The minimum Gasteiger partial charge on any atom is -0.469 e. The molecule has 3 aliphatic rings. The Hall–Kier alpha value is -1.58. The van der Waals surface area contributed by atoms with Crippen LogP contribution in [0.2, 0.25) is 0 Å². The maximum Gasteiger partial charge on any atom is 0.308 e. The quantitative estimate of drug-likeness (QED) is 0.751. The summed E-state index contributed by atoms with van der Waals surface area (Å²) >= 11 is 0. The normalized spacial score (nSPS) is 28.8. The van der Waals surface area contributed by atoms with Crippen LogP contribution >= 0.6 is 0 Å². The van der Waals surface area contributed by atoms with Crippen LogP contribution in [-0.2, 0) is 14.3 Å². The van der Waals surface area contributed by atoms with Gasteiger partial charge in [0.1, 0.15) is 0 Å². The lowest BCUT2D eigenvalue weighted by Gasteiger charge is -2.32. The first-order valence-electron chi connectivity index (χ1n) is 7.98. The van der Waals surface area contributed by atoms with Crippen molar-refractivity contribution in [3.05, 3.63) is 23.4 Å². The van der Waals surface area contributed by atoms with Crippen molar-refractivity contribution < 1.29 is 14.3 Å². The Morgan fingerprint density at radius 3 is 2.76 bits per heavy atom. The molecule has 0 saturated heterocycles. The summed E-state index contributed by atoms with van der Waals surface area (Å²) in [4.78, 5) is 25.7. The van der Waals surface area contributed by atoms with Crippen LogP contribution in [-0.4, -0.2) is 30.4 Å². The van der Waals surface area contributed by atoms with Gasteiger partial charge in [0.05, 0.1) is 13.0 Å². The molecule has 21 heavy (non-hydrogen) atoms. The number of hydrogen-bond donors (Lipinski definition) is 0. The summed E-state index contributed by atoms with van der Waals surface area (Å²) in [5.41, 5.74) is 2.55. The SMILES string of the molecule is COC(=O)C1CCCC(CN2C(=O)C=CC2=C2CCC2)C1. The fourth-order valence-electron chi connectivity index (χ4n) is 3.65. The fraction of sp³-hybridized carbons (Fsp3) is 0.647. The molecular weight excluding hydrogens is 266 g/mol. The molecule has 0 aromatic rings. The van der Waals surface area contributed by atoms with Gasteiger partial charge in [-0.2, -0.15) is 0 Å². The van der Waals surface area contributed by atoms with Crippen LogP contribution in [0.4, 0.5) is 0 Å². The molecule has 4 heteroatoms. The Morgan fingerprint density at radius 2 is 2.10 bits per heavy atom. The summed E-state index contributed by atoms with van der Waals surface area (Å²) in [6.45, 7) is 0.748. The second-order valence-electron chi connectivity index (χ2n) is 6.38. The molecule has 2 fully saturated rings. The molecule has 2 unspecified atom stereocenters. The van der Waals surface area contributed by atoms with Gasteiger partial charge in [-0.3, -0.25) is 9.59 Å². The molecule has 114 valence electrons. The van der Waals surface area contributed by atoms with E-state index in [2.05, 4.69) is 0 Å². The molecule has 1 heterocycles. The van der Waals surface area contributed by atoms with Gasteiger partial charge in [-0.25, -0.2) is 0 Å². The van der Waals surface area contributed by atoms with E-state index in [-0.39, 0.29) is 17.8 Å². The highest BCUT2D eigenvalue weighted by molar-refractivity contribution is 5.93. The van der Waals surface area contributed by atoms with Crippen LogP contribution in [0.15, 0.2) is 23.4 Å². The van der Waals surface area contributed by atoms with E-state index >= 15 is 0 Å². The highest BCUT2D eigenvalue weighted by Crippen LogP contribution is 2.36. The zero-order valence-corrected chi connectivity index (χ0v) is 12.6. The number of carbonyl (C=O) groups excluding carboxylic acids is 2. The van der Waals surface area contributed by atoms with Gasteiger partial charge in [-0.15, -0.1) is 0 Å². The number of allylic oxidation sites excluding steroid dienone is 2. The van der Waals surface area contributed by atoms with Crippen LogP contribution in [0, 0.1) is 11.8 Å². The largest absolute Gasteiger partial charge is 0.469 e. The predicted molar refractivity (Wildman–Crippen MR) is 79.2 cm³/mol. The van der Waals surface area contributed by atoms with E-state index in [0.29, 0.717) is 5.92 Å². The van der Waals surface area contributed by atoms with Gasteiger partial charge in [0.15, 0.2) is 0 Å². The zero-order chi connectivity index (χ0) is 14.8. The standard InChI is InChI=1S/C17H23NO3/c1-21-17(20)14-7-2-4-12(10-14)11-18-15(8-9-16(18)19)13-5-3-6-13/h8-9,12,14H,2-7,10-11H2,1H3. The predicted octanol–water partition coefficient (Wildman–Crippen LogP) is 2.80. The lowest BCUT2D eigenvalue weighted by atomic mass is 9.81. The van der Waals surface area contributed by atoms with E-state index in [1.54, 1.807) is 6.08 Å². The van der Waals surface area contributed by atoms with Crippen molar-refractivity contribution in [1.82, 2.24) is 4.90 Å². The van der Waals surface area contributed by atoms with Crippen LogP contribution in [0.1, 0.15) is 44.9 Å². The maximum absolute atomic E-state index is 12.1. The van der Waals surface area contributed by atoms with Crippen molar-refractivity contribution in [2.24, 2.45) is 11.8 Å². The number of rotatable bonds is 3. The third-order valence-electron chi connectivity index (χ3n) is 5.02.